The van der Waals surface area contributed by atoms with Gasteiger partial charge in [0.05, 0.1) is 0 Å². The second kappa shape index (κ2) is 5.44. The van der Waals surface area contributed by atoms with Crippen LogP contribution in [0.15, 0.2) is 24.3 Å². The minimum atomic E-state index is 0.321. The van der Waals surface area contributed by atoms with Gasteiger partial charge in [-0.05, 0) is 42.7 Å². The monoisotopic (exact) mass is 245 g/mol. The van der Waals surface area contributed by atoms with Crippen LogP contribution in [0.1, 0.15) is 64.1 Å². The number of aryl methyl sites for hydroxylation is 1. The van der Waals surface area contributed by atoms with Crippen molar-refractivity contribution in [3.05, 3.63) is 35.4 Å². The summed E-state index contributed by atoms with van der Waals surface area (Å²) in [5.41, 5.74) is 3.40. The minimum absolute atomic E-state index is 0.321. The van der Waals surface area contributed by atoms with Gasteiger partial charge in [-0.1, -0.05) is 51.5 Å². The average molecular weight is 245 g/mol. The number of benzene rings is 1. The van der Waals surface area contributed by atoms with Crippen LogP contribution in [-0.4, -0.2) is 6.04 Å². The molecule has 2 rings (SSSR count). The first-order chi connectivity index (χ1) is 8.48. The Kier molecular flexibility index (Phi) is 4.11. The molecule has 0 amide bonds. The fraction of sp³-hybridized carbons (Fsp3) is 0.647. The second-order valence-corrected chi connectivity index (χ2v) is 6.75. The van der Waals surface area contributed by atoms with Gasteiger partial charge in [-0.15, -0.1) is 0 Å². The molecule has 0 heterocycles. The molecular weight excluding hydrogens is 218 g/mol. The molecule has 0 spiro atoms. The molecule has 0 radical (unpaired) electrons. The molecule has 1 aliphatic rings. The maximum Gasteiger partial charge on any atom is 0.0325 e. The fourth-order valence-electron chi connectivity index (χ4n) is 2.65. The summed E-state index contributed by atoms with van der Waals surface area (Å²) in [6.07, 6.45) is 5.19. The zero-order chi connectivity index (χ0) is 13.2. The third kappa shape index (κ3) is 3.14. The first kappa shape index (κ1) is 13.6. The Morgan fingerprint density at radius 3 is 2.61 bits per heavy atom. The molecule has 0 saturated heterocycles. The lowest BCUT2D eigenvalue weighted by molar-refractivity contribution is 0.258. The van der Waals surface area contributed by atoms with E-state index in [-0.39, 0.29) is 0 Å². The quantitative estimate of drug-likeness (QED) is 0.758. The highest BCUT2D eigenvalue weighted by atomic mass is 15.0. The highest BCUT2D eigenvalue weighted by Gasteiger charge is 2.25. The lowest BCUT2D eigenvalue weighted by Gasteiger charge is -2.32. The molecule has 1 aromatic rings. The number of fused-ring (bicyclic) bond motifs is 1. The normalized spacial score (nSPS) is 22.1. The minimum Gasteiger partial charge on any atom is -0.307 e. The van der Waals surface area contributed by atoms with E-state index >= 15 is 0 Å². The van der Waals surface area contributed by atoms with Gasteiger partial charge in [0.2, 0.25) is 0 Å². The number of hydrogen-bond donors (Lipinski definition) is 1. The predicted octanol–water partition coefficient (Wildman–Crippen LogP) is 4.48. The molecule has 0 bridgehead atoms. The standard InChI is InChI=1S/C17H27N/c1-13(17(2,3)4)18-16-12-8-6-10-14-9-5-7-11-15(14)16/h5,7,9,11,13,16,18H,6,8,10,12H2,1-4H3. The molecule has 1 aliphatic carbocycles. The van der Waals surface area contributed by atoms with Crippen LogP contribution < -0.4 is 5.32 Å². The highest BCUT2D eigenvalue weighted by Crippen LogP contribution is 2.31. The molecule has 1 nitrogen and oxygen atoms in total. The summed E-state index contributed by atoms with van der Waals surface area (Å²) in [4.78, 5) is 0. The van der Waals surface area contributed by atoms with Crippen LogP contribution in [0.2, 0.25) is 0 Å². The SMILES string of the molecule is CC(NC1CCCCc2ccccc21)C(C)(C)C. The van der Waals surface area contributed by atoms with Crippen molar-refractivity contribution in [2.24, 2.45) is 5.41 Å². The van der Waals surface area contributed by atoms with E-state index in [1.807, 2.05) is 0 Å². The van der Waals surface area contributed by atoms with Crippen LogP contribution >= 0.6 is 0 Å². The van der Waals surface area contributed by atoms with Crippen molar-refractivity contribution in [3.63, 3.8) is 0 Å². The maximum absolute atomic E-state index is 3.85. The van der Waals surface area contributed by atoms with E-state index < -0.39 is 0 Å². The van der Waals surface area contributed by atoms with Crippen molar-refractivity contribution in [1.29, 1.82) is 0 Å². The molecule has 1 heteroatoms. The molecule has 100 valence electrons. The predicted molar refractivity (Wildman–Crippen MR) is 78.8 cm³/mol. The van der Waals surface area contributed by atoms with E-state index in [1.165, 1.54) is 31.2 Å². The van der Waals surface area contributed by atoms with E-state index in [1.54, 1.807) is 5.56 Å². The zero-order valence-corrected chi connectivity index (χ0v) is 12.3. The fourth-order valence-corrected chi connectivity index (χ4v) is 2.65. The van der Waals surface area contributed by atoms with Crippen LogP contribution in [0.3, 0.4) is 0 Å². The van der Waals surface area contributed by atoms with Gasteiger partial charge in [0.15, 0.2) is 0 Å². The molecule has 0 fully saturated rings. The largest absolute Gasteiger partial charge is 0.307 e. The van der Waals surface area contributed by atoms with Gasteiger partial charge in [-0.3, -0.25) is 0 Å². The molecule has 18 heavy (non-hydrogen) atoms. The summed E-state index contributed by atoms with van der Waals surface area (Å²) < 4.78 is 0. The topological polar surface area (TPSA) is 12.0 Å². The first-order valence-corrected chi connectivity index (χ1v) is 7.32. The lowest BCUT2D eigenvalue weighted by Crippen LogP contribution is -2.40. The van der Waals surface area contributed by atoms with Gasteiger partial charge in [0.1, 0.15) is 0 Å². The summed E-state index contributed by atoms with van der Waals surface area (Å²) in [5.74, 6) is 0. The molecular formula is C17H27N. The summed E-state index contributed by atoms with van der Waals surface area (Å²) in [6.45, 7) is 9.25. The summed E-state index contributed by atoms with van der Waals surface area (Å²) >= 11 is 0. The maximum atomic E-state index is 3.85. The zero-order valence-electron chi connectivity index (χ0n) is 12.3. The molecule has 0 aromatic heterocycles. The summed E-state index contributed by atoms with van der Waals surface area (Å²) in [7, 11) is 0. The van der Waals surface area contributed by atoms with E-state index in [9.17, 15) is 0 Å². The van der Waals surface area contributed by atoms with Gasteiger partial charge in [0.25, 0.3) is 0 Å². The van der Waals surface area contributed by atoms with Gasteiger partial charge in [-0.2, -0.15) is 0 Å². The van der Waals surface area contributed by atoms with Crippen molar-refractivity contribution >= 4 is 0 Å². The van der Waals surface area contributed by atoms with Crippen molar-refractivity contribution in [2.45, 2.75) is 65.5 Å². The van der Waals surface area contributed by atoms with Gasteiger partial charge in [0, 0.05) is 12.1 Å². The van der Waals surface area contributed by atoms with Crippen LogP contribution in [0, 0.1) is 5.41 Å². The van der Waals surface area contributed by atoms with Crippen molar-refractivity contribution in [3.8, 4) is 0 Å². The Hall–Kier alpha value is -0.820. The molecule has 0 saturated carbocycles. The molecule has 2 atom stereocenters. The molecule has 2 unspecified atom stereocenters. The van der Waals surface area contributed by atoms with E-state index in [0.717, 1.165) is 0 Å². The van der Waals surface area contributed by atoms with E-state index in [4.69, 9.17) is 0 Å². The molecule has 0 aliphatic heterocycles. The van der Waals surface area contributed by atoms with Crippen LogP contribution in [-0.2, 0) is 6.42 Å². The van der Waals surface area contributed by atoms with Crippen LogP contribution in [0.5, 0.6) is 0 Å². The third-order valence-corrected chi connectivity index (χ3v) is 4.37. The Balaban J connectivity index is 2.18. The smallest absolute Gasteiger partial charge is 0.0325 e. The Labute approximate surface area is 112 Å². The Morgan fingerprint density at radius 2 is 1.89 bits per heavy atom. The van der Waals surface area contributed by atoms with Gasteiger partial charge < -0.3 is 5.32 Å². The van der Waals surface area contributed by atoms with Crippen LogP contribution in [0.4, 0.5) is 0 Å². The van der Waals surface area contributed by atoms with Crippen molar-refractivity contribution < 1.29 is 0 Å². The van der Waals surface area contributed by atoms with Crippen LogP contribution in [0.25, 0.3) is 0 Å². The van der Waals surface area contributed by atoms with Gasteiger partial charge in [-0.25, -0.2) is 0 Å². The van der Waals surface area contributed by atoms with E-state index in [0.29, 0.717) is 17.5 Å². The summed E-state index contributed by atoms with van der Waals surface area (Å²) in [5, 5.41) is 3.85. The highest BCUT2D eigenvalue weighted by molar-refractivity contribution is 5.31. The first-order valence-electron chi connectivity index (χ1n) is 7.32. The molecule has 1 N–H and O–H groups in total. The number of nitrogens with one attached hydrogen (secondary N) is 1. The van der Waals surface area contributed by atoms with Crippen molar-refractivity contribution in [2.75, 3.05) is 0 Å². The average Bonchev–Trinajstić information content (AvgIpc) is 2.51. The molecule has 1 aromatic carbocycles. The Bertz CT molecular complexity index is 389. The second-order valence-electron chi connectivity index (χ2n) is 6.75. The lowest BCUT2D eigenvalue weighted by atomic mass is 9.86. The number of rotatable bonds is 2. The van der Waals surface area contributed by atoms with Crippen molar-refractivity contribution in [1.82, 2.24) is 5.32 Å². The van der Waals surface area contributed by atoms with E-state index in [2.05, 4.69) is 57.3 Å². The summed E-state index contributed by atoms with van der Waals surface area (Å²) in [6, 6.07) is 10.0. The number of hydrogen-bond acceptors (Lipinski definition) is 1. The van der Waals surface area contributed by atoms with Gasteiger partial charge >= 0.3 is 0 Å². The third-order valence-electron chi connectivity index (χ3n) is 4.37. The Morgan fingerprint density at radius 1 is 1.17 bits per heavy atom.